The van der Waals surface area contributed by atoms with E-state index >= 15 is 0 Å². The highest BCUT2D eigenvalue weighted by atomic mass is 16.2. The van der Waals surface area contributed by atoms with Crippen LogP contribution in [-0.2, 0) is 4.79 Å². The van der Waals surface area contributed by atoms with Crippen molar-refractivity contribution in [2.75, 3.05) is 42.9 Å². The molecule has 3 aromatic carbocycles. The summed E-state index contributed by atoms with van der Waals surface area (Å²) in [5.41, 5.74) is 7.01. The molecule has 0 saturated carbocycles. The molecule has 1 saturated heterocycles. The molecule has 1 N–H and O–H groups in total. The zero-order valence-electron chi connectivity index (χ0n) is 17.8. The van der Waals surface area contributed by atoms with Crippen molar-refractivity contribution in [1.29, 1.82) is 0 Å². The summed E-state index contributed by atoms with van der Waals surface area (Å²) >= 11 is 0. The highest BCUT2D eigenvalue weighted by molar-refractivity contribution is 5.96. The fraction of sp³-hybridized carbons (Fsp3) is 0.269. The first-order valence-corrected chi connectivity index (χ1v) is 10.6. The zero-order valence-corrected chi connectivity index (χ0v) is 17.8. The van der Waals surface area contributed by atoms with E-state index in [9.17, 15) is 4.79 Å². The van der Waals surface area contributed by atoms with Gasteiger partial charge in [0.1, 0.15) is 0 Å². The lowest BCUT2D eigenvalue weighted by atomic mass is 10.0. The van der Waals surface area contributed by atoms with Crippen molar-refractivity contribution in [2.45, 2.75) is 13.8 Å². The second-order valence-electron chi connectivity index (χ2n) is 7.94. The topological polar surface area (TPSA) is 35.6 Å². The number of para-hydroxylation sites is 1. The smallest absolute Gasteiger partial charge is 0.238 e. The van der Waals surface area contributed by atoms with Crippen molar-refractivity contribution < 1.29 is 4.79 Å². The number of hydrogen-bond acceptors (Lipinski definition) is 3. The van der Waals surface area contributed by atoms with Crippen molar-refractivity contribution >= 4 is 17.3 Å². The first-order chi connectivity index (χ1) is 14.6. The monoisotopic (exact) mass is 399 g/mol. The molecule has 4 nitrogen and oxygen atoms in total. The summed E-state index contributed by atoms with van der Waals surface area (Å²) in [6.07, 6.45) is 0. The highest BCUT2D eigenvalue weighted by Gasteiger charge is 2.21. The van der Waals surface area contributed by atoms with Crippen molar-refractivity contribution in [3.8, 4) is 11.1 Å². The number of nitrogens with zero attached hydrogens (tertiary/aromatic N) is 2. The van der Waals surface area contributed by atoms with E-state index in [1.54, 1.807) is 0 Å². The lowest BCUT2D eigenvalue weighted by molar-refractivity contribution is -0.117. The van der Waals surface area contributed by atoms with Crippen LogP contribution in [0, 0.1) is 13.8 Å². The first kappa shape index (κ1) is 20.2. The van der Waals surface area contributed by atoms with Gasteiger partial charge in [0.05, 0.1) is 6.54 Å². The van der Waals surface area contributed by atoms with E-state index in [1.807, 2.05) is 42.5 Å². The Labute approximate surface area is 179 Å². The lowest BCUT2D eigenvalue weighted by Crippen LogP contribution is -2.48. The van der Waals surface area contributed by atoms with Gasteiger partial charge in [-0.25, -0.2) is 0 Å². The maximum absolute atomic E-state index is 12.7. The van der Waals surface area contributed by atoms with Gasteiger partial charge in [-0.15, -0.1) is 0 Å². The molecule has 1 heterocycles. The third-order valence-corrected chi connectivity index (χ3v) is 5.94. The molecular formula is C26H29N3O. The Hall–Kier alpha value is -3.11. The number of amides is 1. The average molecular weight is 400 g/mol. The maximum Gasteiger partial charge on any atom is 0.238 e. The first-order valence-electron chi connectivity index (χ1n) is 10.6. The number of benzene rings is 3. The summed E-state index contributed by atoms with van der Waals surface area (Å²) < 4.78 is 0. The van der Waals surface area contributed by atoms with E-state index in [0.29, 0.717) is 6.54 Å². The normalized spacial score (nSPS) is 14.5. The number of piperazine rings is 1. The molecule has 1 aliphatic heterocycles. The molecule has 4 heteroatoms. The van der Waals surface area contributed by atoms with Crippen LogP contribution in [0.3, 0.4) is 0 Å². The molecule has 0 unspecified atom stereocenters. The Morgan fingerprint density at radius 2 is 1.53 bits per heavy atom. The van der Waals surface area contributed by atoms with Gasteiger partial charge in [-0.2, -0.15) is 0 Å². The van der Waals surface area contributed by atoms with E-state index < -0.39 is 0 Å². The lowest BCUT2D eigenvalue weighted by Gasteiger charge is -2.36. The van der Waals surface area contributed by atoms with Crippen molar-refractivity contribution in [2.24, 2.45) is 0 Å². The van der Waals surface area contributed by atoms with Gasteiger partial charge in [-0.05, 0) is 42.7 Å². The van der Waals surface area contributed by atoms with Gasteiger partial charge in [-0.3, -0.25) is 9.69 Å². The van der Waals surface area contributed by atoms with E-state index in [2.05, 4.69) is 59.3 Å². The third-order valence-electron chi connectivity index (χ3n) is 5.94. The molecule has 4 rings (SSSR count). The van der Waals surface area contributed by atoms with Crippen LogP contribution in [0.2, 0.25) is 0 Å². The summed E-state index contributed by atoms with van der Waals surface area (Å²) in [5.74, 6) is 0.0403. The molecule has 0 bridgehead atoms. The van der Waals surface area contributed by atoms with E-state index in [4.69, 9.17) is 0 Å². The molecule has 154 valence electrons. The molecule has 3 aromatic rings. The predicted octanol–water partition coefficient (Wildman–Crippen LogP) is 4.73. The highest BCUT2D eigenvalue weighted by Crippen LogP contribution is 2.28. The fourth-order valence-corrected chi connectivity index (χ4v) is 4.08. The number of aryl methyl sites for hydroxylation is 1. The van der Waals surface area contributed by atoms with Gasteiger partial charge in [0.25, 0.3) is 0 Å². The van der Waals surface area contributed by atoms with Gasteiger partial charge in [-0.1, -0.05) is 60.7 Å². The van der Waals surface area contributed by atoms with Gasteiger partial charge >= 0.3 is 0 Å². The van der Waals surface area contributed by atoms with Crippen molar-refractivity contribution in [3.63, 3.8) is 0 Å². The van der Waals surface area contributed by atoms with E-state index in [-0.39, 0.29) is 5.91 Å². The summed E-state index contributed by atoms with van der Waals surface area (Å²) in [7, 11) is 0. The van der Waals surface area contributed by atoms with Gasteiger partial charge in [0.2, 0.25) is 5.91 Å². The number of carbonyl (C=O) groups is 1. The molecule has 0 atom stereocenters. The minimum Gasteiger partial charge on any atom is -0.369 e. The fourth-order valence-electron chi connectivity index (χ4n) is 4.08. The molecule has 1 aliphatic rings. The van der Waals surface area contributed by atoms with Crippen LogP contribution < -0.4 is 10.2 Å². The molecule has 0 spiro atoms. The predicted molar refractivity (Wildman–Crippen MR) is 125 cm³/mol. The molecule has 1 fully saturated rings. The standard InChI is InChI=1S/C26H29N3O/c1-20-9-8-14-25(21(20)2)29-17-15-28(16-18-29)19-26(30)27-24-13-7-6-12-23(24)22-10-4-3-5-11-22/h3-14H,15-19H2,1-2H3,(H,27,30). The summed E-state index contributed by atoms with van der Waals surface area (Å²) in [6.45, 7) is 8.43. The molecule has 0 radical (unpaired) electrons. The molecule has 0 aromatic heterocycles. The van der Waals surface area contributed by atoms with Crippen molar-refractivity contribution in [1.82, 2.24) is 4.90 Å². The largest absolute Gasteiger partial charge is 0.369 e. The van der Waals surface area contributed by atoms with E-state index in [0.717, 1.165) is 43.0 Å². The zero-order chi connectivity index (χ0) is 20.9. The van der Waals surface area contributed by atoms with Crippen LogP contribution >= 0.6 is 0 Å². The Morgan fingerprint density at radius 1 is 0.833 bits per heavy atom. The van der Waals surface area contributed by atoms with Crippen LogP contribution in [0.5, 0.6) is 0 Å². The van der Waals surface area contributed by atoms with Crippen LogP contribution in [0.1, 0.15) is 11.1 Å². The number of carbonyl (C=O) groups excluding carboxylic acids is 1. The van der Waals surface area contributed by atoms with Crippen LogP contribution in [-0.4, -0.2) is 43.5 Å². The number of hydrogen-bond donors (Lipinski definition) is 1. The summed E-state index contributed by atoms with van der Waals surface area (Å²) in [5, 5.41) is 3.12. The maximum atomic E-state index is 12.7. The molecule has 0 aliphatic carbocycles. The molecule has 1 amide bonds. The second-order valence-corrected chi connectivity index (χ2v) is 7.94. The number of nitrogens with one attached hydrogen (secondary N) is 1. The SMILES string of the molecule is Cc1cccc(N2CCN(CC(=O)Nc3ccccc3-c3ccccc3)CC2)c1C. The molecular weight excluding hydrogens is 370 g/mol. The quantitative estimate of drug-likeness (QED) is 0.674. The third kappa shape index (κ3) is 4.55. The summed E-state index contributed by atoms with van der Waals surface area (Å²) in [4.78, 5) is 17.4. The average Bonchev–Trinajstić information content (AvgIpc) is 2.77. The van der Waals surface area contributed by atoms with E-state index in [1.165, 1.54) is 16.8 Å². The Kier molecular flexibility index (Phi) is 6.15. The summed E-state index contributed by atoms with van der Waals surface area (Å²) in [6, 6.07) is 24.6. The minimum atomic E-state index is 0.0403. The Bertz CT molecular complexity index is 1010. The number of anilines is 2. The van der Waals surface area contributed by atoms with Crippen LogP contribution in [0.4, 0.5) is 11.4 Å². The molecule has 30 heavy (non-hydrogen) atoms. The van der Waals surface area contributed by atoms with Gasteiger partial charge in [0.15, 0.2) is 0 Å². The second kappa shape index (κ2) is 9.14. The van der Waals surface area contributed by atoms with Gasteiger partial charge in [0, 0.05) is 43.1 Å². The minimum absolute atomic E-state index is 0.0403. The number of rotatable bonds is 5. The van der Waals surface area contributed by atoms with Crippen LogP contribution in [0.25, 0.3) is 11.1 Å². The van der Waals surface area contributed by atoms with Crippen molar-refractivity contribution in [3.05, 3.63) is 83.9 Å². The van der Waals surface area contributed by atoms with Gasteiger partial charge < -0.3 is 10.2 Å². The Balaban J connectivity index is 1.36. The Morgan fingerprint density at radius 3 is 2.30 bits per heavy atom. The van der Waals surface area contributed by atoms with Crippen LogP contribution in [0.15, 0.2) is 72.8 Å².